The Balaban J connectivity index is 1.84. The number of benzene rings is 1. The molecule has 0 radical (unpaired) electrons. The molecule has 1 saturated heterocycles. The molecule has 5 N–H and O–H groups in total. The van der Waals surface area contributed by atoms with Gasteiger partial charge in [0.15, 0.2) is 0 Å². The average Bonchev–Trinajstić information content (AvgIpc) is 3.51. The molecule has 0 unspecified atom stereocenters. The van der Waals surface area contributed by atoms with Crippen LogP contribution in [0, 0.1) is 5.92 Å². The quantitative estimate of drug-likeness (QED) is 0.325. The number of nitrogens with zero attached hydrogens (tertiary/aromatic N) is 1. The molecule has 2 aromatic rings. The molecule has 43 heavy (non-hydrogen) atoms. The highest BCUT2D eigenvalue weighted by molar-refractivity contribution is 5.99. The monoisotopic (exact) mass is 596 g/mol. The summed E-state index contributed by atoms with van der Waals surface area (Å²) in [5.41, 5.74) is 1.02. The minimum Gasteiger partial charge on any atom is -0.472 e. The van der Waals surface area contributed by atoms with E-state index in [0.29, 0.717) is 6.42 Å². The number of hydrogen-bond acceptors (Lipinski definition) is 7. The van der Waals surface area contributed by atoms with E-state index in [9.17, 15) is 28.8 Å². The smallest absolute Gasteiger partial charge is 0.255 e. The normalized spacial score (nSPS) is 23.4. The van der Waals surface area contributed by atoms with Crippen LogP contribution < -0.4 is 26.6 Å². The zero-order chi connectivity index (χ0) is 31.5. The Morgan fingerprint density at radius 1 is 1.00 bits per heavy atom. The highest BCUT2D eigenvalue weighted by Crippen LogP contribution is 2.09. The lowest BCUT2D eigenvalue weighted by atomic mass is 10.0. The van der Waals surface area contributed by atoms with Crippen LogP contribution >= 0.6 is 0 Å². The van der Waals surface area contributed by atoms with Gasteiger partial charge in [0.05, 0.1) is 18.4 Å². The highest BCUT2D eigenvalue weighted by atomic mass is 16.3. The summed E-state index contributed by atoms with van der Waals surface area (Å²) < 4.78 is 4.95. The van der Waals surface area contributed by atoms with Crippen LogP contribution in [0.1, 0.15) is 49.5 Å². The highest BCUT2D eigenvalue weighted by Gasteiger charge is 2.32. The maximum absolute atomic E-state index is 13.4. The van der Waals surface area contributed by atoms with Gasteiger partial charge in [-0.3, -0.25) is 28.8 Å². The summed E-state index contributed by atoms with van der Waals surface area (Å²) in [5, 5.41) is 13.4. The molecule has 0 spiro atoms. The summed E-state index contributed by atoms with van der Waals surface area (Å²) >= 11 is 0. The predicted octanol–water partition coefficient (Wildman–Crippen LogP) is 0.119. The van der Waals surface area contributed by atoms with Crippen molar-refractivity contribution in [2.75, 3.05) is 20.1 Å². The number of nitrogens with one attached hydrogen (secondary N) is 5. The lowest BCUT2D eigenvalue weighted by Crippen LogP contribution is -2.59. The number of amides is 6. The summed E-state index contributed by atoms with van der Waals surface area (Å²) in [6.07, 6.45) is 3.21. The molecule has 4 atom stereocenters. The summed E-state index contributed by atoms with van der Waals surface area (Å²) in [5.74, 6) is -3.60. The molecule has 3 rings (SSSR count). The Morgan fingerprint density at radius 2 is 1.72 bits per heavy atom. The zero-order valence-electron chi connectivity index (χ0n) is 24.8. The van der Waals surface area contributed by atoms with Crippen LogP contribution in [-0.2, 0) is 30.4 Å². The van der Waals surface area contributed by atoms with Gasteiger partial charge in [-0.25, -0.2) is 0 Å². The number of hydrogen-bond donors (Lipinski definition) is 5. The predicted molar refractivity (Wildman–Crippen MR) is 156 cm³/mol. The fraction of sp³-hybridized carbons (Fsp3) is 0.467. The van der Waals surface area contributed by atoms with Crippen molar-refractivity contribution in [1.82, 2.24) is 31.5 Å². The Labute approximate surface area is 250 Å². The van der Waals surface area contributed by atoms with E-state index in [0.717, 1.165) is 5.56 Å². The minimum atomic E-state index is -1.05. The maximum Gasteiger partial charge on any atom is 0.255 e. The van der Waals surface area contributed by atoms with E-state index in [1.807, 2.05) is 30.3 Å². The van der Waals surface area contributed by atoms with Crippen LogP contribution in [0.5, 0.6) is 0 Å². The molecular weight excluding hydrogens is 556 g/mol. The molecule has 0 saturated carbocycles. The lowest BCUT2D eigenvalue weighted by molar-refractivity contribution is -0.139. The molecule has 0 aliphatic carbocycles. The van der Waals surface area contributed by atoms with E-state index >= 15 is 0 Å². The van der Waals surface area contributed by atoms with Gasteiger partial charge < -0.3 is 35.9 Å². The fourth-order valence-electron chi connectivity index (χ4n) is 4.56. The van der Waals surface area contributed by atoms with E-state index in [2.05, 4.69) is 26.6 Å². The lowest BCUT2D eigenvalue weighted by Gasteiger charge is -2.28. The van der Waals surface area contributed by atoms with Gasteiger partial charge in [0.25, 0.3) is 5.91 Å². The van der Waals surface area contributed by atoms with Crippen LogP contribution in [0.2, 0.25) is 0 Å². The Hall–Kier alpha value is -4.68. The van der Waals surface area contributed by atoms with E-state index in [1.165, 1.54) is 37.5 Å². The first-order valence-electron chi connectivity index (χ1n) is 14.3. The zero-order valence-corrected chi connectivity index (χ0v) is 24.8. The van der Waals surface area contributed by atoms with Crippen molar-refractivity contribution in [3.63, 3.8) is 0 Å². The van der Waals surface area contributed by atoms with Gasteiger partial charge >= 0.3 is 0 Å². The van der Waals surface area contributed by atoms with E-state index in [-0.39, 0.29) is 37.4 Å². The van der Waals surface area contributed by atoms with Crippen molar-refractivity contribution in [3.8, 4) is 0 Å². The first kappa shape index (κ1) is 32.8. The van der Waals surface area contributed by atoms with Crippen LogP contribution in [0.3, 0.4) is 0 Å². The third kappa shape index (κ3) is 9.69. The number of furan rings is 1. The number of likely N-dealkylation sites (N-methyl/N-ethyl adjacent to an activating group) is 1. The number of carbonyl (C=O) groups excluding carboxylic acids is 6. The first-order chi connectivity index (χ1) is 20.5. The molecule has 1 fully saturated rings. The van der Waals surface area contributed by atoms with Gasteiger partial charge in [0, 0.05) is 20.0 Å². The van der Waals surface area contributed by atoms with Gasteiger partial charge in [-0.15, -0.1) is 0 Å². The topological polar surface area (TPSA) is 179 Å². The third-order valence-corrected chi connectivity index (χ3v) is 7.05. The Morgan fingerprint density at radius 3 is 2.37 bits per heavy atom. The van der Waals surface area contributed by atoms with Crippen LogP contribution in [0.4, 0.5) is 0 Å². The molecule has 13 heteroatoms. The summed E-state index contributed by atoms with van der Waals surface area (Å²) in [6.45, 7) is 4.85. The molecule has 1 aromatic carbocycles. The van der Waals surface area contributed by atoms with Gasteiger partial charge in [0.2, 0.25) is 29.5 Å². The van der Waals surface area contributed by atoms with E-state index in [4.69, 9.17) is 4.42 Å². The van der Waals surface area contributed by atoms with Crippen molar-refractivity contribution < 1.29 is 33.2 Å². The van der Waals surface area contributed by atoms with Gasteiger partial charge in [-0.2, -0.15) is 0 Å². The van der Waals surface area contributed by atoms with E-state index < -0.39 is 59.6 Å². The summed E-state index contributed by atoms with van der Waals surface area (Å²) in [7, 11) is 1.47. The van der Waals surface area contributed by atoms with Crippen LogP contribution in [0.15, 0.2) is 53.3 Å². The van der Waals surface area contributed by atoms with E-state index in [1.54, 1.807) is 13.8 Å². The minimum absolute atomic E-state index is 0.148. The summed E-state index contributed by atoms with van der Waals surface area (Å²) in [6, 6.07) is 6.46. The number of carbonyl (C=O) groups is 6. The van der Waals surface area contributed by atoms with Gasteiger partial charge in [-0.05, 0) is 37.3 Å². The van der Waals surface area contributed by atoms with Crippen molar-refractivity contribution in [1.29, 1.82) is 0 Å². The molecule has 232 valence electrons. The Kier molecular flexibility index (Phi) is 11.8. The molecule has 1 aliphatic rings. The van der Waals surface area contributed by atoms with Crippen LogP contribution in [-0.4, -0.2) is 84.6 Å². The molecule has 2 heterocycles. The van der Waals surface area contributed by atoms with Crippen molar-refractivity contribution in [3.05, 3.63) is 60.1 Å². The molecule has 0 bridgehead atoms. The standard InChI is InChI=1S/C30H40N6O7/c1-18(2)25-29(41)32-19(3)26(38)34-23(15-20-9-6-5-7-10-20)30(42)36(4)16-24(37)31-13-8-11-22(28(40)35-25)33-27(39)21-12-14-43-17-21/h5-7,9-10,12,14,17-19,22-23,25H,8,11,13,15-16H2,1-4H3,(H,31,37)(H,32,41)(H,33,39)(H,34,38)(H,35,40)/t19-,22+,23+,25-/m1/s1. The second kappa shape index (κ2) is 15.5. The largest absolute Gasteiger partial charge is 0.472 e. The number of rotatable bonds is 5. The SMILES string of the molecule is CC(C)[C@H]1NC(=O)[C@@H](NC(=O)c2ccoc2)CCCNC(=O)CN(C)C(=O)[C@H](Cc2ccccc2)NC(=O)[C@@H](C)NC1=O. The maximum atomic E-state index is 13.4. The van der Waals surface area contributed by atoms with Gasteiger partial charge in [0.1, 0.15) is 30.4 Å². The molecule has 6 amide bonds. The van der Waals surface area contributed by atoms with Crippen molar-refractivity contribution in [2.24, 2.45) is 5.92 Å². The summed E-state index contributed by atoms with van der Waals surface area (Å²) in [4.78, 5) is 79.7. The molecule has 13 nitrogen and oxygen atoms in total. The fourth-order valence-corrected chi connectivity index (χ4v) is 4.56. The molecule has 1 aromatic heterocycles. The Bertz CT molecular complexity index is 1280. The van der Waals surface area contributed by atoms with Crippen molar-refractivity contribution in [2.45, 2.75) is 64.2 Å². The second-order valence-corrected chi connectivity index (χ2v) is 10.9. The average molecular weight is 597 g/mol. The molecule has 1 aliphatic heterocycles. The van der Waals surface area contributed by atoms with Crippen LogP contribution in [0.25, 0.3) is 0 Å². The molecular formula is C30H40N6O7. The third-order valence-electron chi connectivity index (χ3n) is 7.05. The van der Waals surface area contributed by atoms with Gasteiger partial charge in [-0.1, -0.05) is 44.2 Å². The first-order valence-corrected chi connectivity index (χ1v) is 14.3. The van der Waals surface area contributed by atoms with Crippen molar-refractivity contribution >= 4 is 35.4 Å². The second-order valence-electron chi connectivity index (χ2n) is 10.9.